The molecule has 32 heavy (non-hydrogen) atoms. The molecule has 0 aliphatic carbocycles. The van der Waals surface area contributed by atoms with E-state index in [1.165, 1.54) is 25.1 Å². The van der Waals surface area contributed by atoms with Crippen molar-refractivity contribution in [3.63, 3.8) is 0 Å². The number of hydrogen-bond acceptors (Lipinski definition) is 8. The minimum atomic E-state index is -0.507. The summed E-state index contributed by atoms with van der Waals surface area (Å²) in [6.45, 7) is 3.38. The topological polar surface area (TPSA) is 101 Å². The van der Waals surface area contributed by atoms with Gasteiger partial charge in [-0.25, -0.2) is 9.78 Å². The van der Waals surface area contributed by atoms with Crippen molar-refractivity contribution < 1.29 is 23.7 Å². The number of nitrogens with zero attached hydrogens (tertiary/aromatic N) is 3. The van der Waals surface area contributed by atoms with Crippen LogP contribution in [0.15, 0.2) is 44.7 Å². The van der Waals surface area contributed by atoms with Gasteiger partial charge in [0.2, 0.25) is 5.75 Å². The number of rotatable bonds is 8. The third-order valence-corrected chi connectivity index (χ3v) is 4.91. The summed E-state index contributed by atoms with van der Waals surface area (Å²) in [6, 6.07) is 8.60. The maximum Gasteiger partial charge on any atom is 0.344 e. The van der Waals surface area contributed by atoms with Crippen LogP contribution in [0.2, 0.25) is 0 Å². The predicted molar refractivity (Wildman–Crippen MR) is 123 cm³/mol. The second-order valence-electron chi connectivity index (χ2n) is 6.53. The van der Waals surface area contributed by atoms with E-state index in [-0.39, 0.29) is 24.5 Å². The summed E-state index contributed by atoms with van der Waals surface area (Å²) in [5.41, 5.74) is 0.884. The summed E-state index contributed by atoms with van der Waals surface area (Å²) in [5, 5.41) is 4.75. The lowest BCUT2D eigenvalue weighted by molar-refractivity contribution is -0.145. The van der Waals surface area contributed by atoms with E-state index in [1.807, 2.05) is 6.07 Å². The summed E-state index contributed by atoms with van der Waals surface area (Å²) in [7, 11) is 2.93. The highest BCUT2D eigenvalue weighted by molar-refractivity contribution is 9.10. The molecule has 0 saturated heterocycles. The minimum Gasteiger partial charge on any atom is -0.493 e. The molecule has 168 valence electrons. The molecule has 0 radical (unpaired) electrons. The van der Waals surface area contributed by atoms with Gasteiger partial charge in [0, 0.05) is 10.0 Å². The summed E-state index contributed by atoms with van der Waals surface area (Å²) < 4.78 is 23.2. The molecular weight excluding hydrogens is 482 g/mol. The molecule has 0 amide bonds. The highest BCUT2D eigenvalue weighted by Gasteiger charge is 2.16. The number of benzene rings is 2. The van der Waals surface area contributed by atoms with Crippen molar-refractivity contribution in [1.29, 1.82) is 0 Å². The lowest BCUT2D eigenvalue weighted by Crippen LogP contribution is -2.20. The van der Waals surface area contributed by atoms with E-state index in [9.17, 15) is 9.59 Å². The van der Waals surface area contributed by atoms with Gasteiger partial charge in [0.1, 0.15) is 5.82 Å². The van der Waals surface area contributed by atoms with Crippen molar-refractivity contribution in [1.82, 2.24) is 9.66 Å². The normalized spacial score (nSPS) is 11.0. The first-order valence-corrected chi connectivity index (χ1v) is 10.4. The smallest absolute Gasteiger partial charge is 0.344 e. The van der Waals surface area contributed by atoms with Crippen molar-refractivity contribution in [2.75, 3.05) is 27.4 Å². The Hall–Kier alpha value is -3.40. The molecular formula is C22H22BrN3O6. The van der Waals surface area contributed by atoms with Crippen molar-refractivity contribution in [3.05, 3.63) is 56.5 Å². The van der Waals surface area contributed by atoms with Crippen molar-refractivity contribution in [2.45, 2.75) is 13.8 Å². The summed E-state index contributed by atoms with van der Waals surface area (Å²) in [5.74, 6) is 0.854. The van der Waals surface area contributed by atoms with Gasteiger partial charge in [-0.2, -0.15) is 9.78 Å². The molecule has 3 rings (SSSR count). The molecule has 0 aliphatic heterocycles. The number of carbonyl (C=O) groups is 1. The molecule has 0 N–H and O–H groups in total. The van der Waals surface area contributed by atoms with Crippen LogP contribution in [0.1, 0.15) is 18.3 Å². The lowest BCUT2D eigenvalue weighted by Gasteiger charge is -2.15. The van der Waals surface area contributed by atoms with Gasteiger partial charge in [-0.05, 0) is 44.2 Å². The van der Waals surface area contributed by atoms with E-state index < -0.39 is 5.97 Å². The molecule has 0 unspecified atom stereocenters. The van der Waals surface area contributed by atoms with E-state index in [1.54, 1.807) is 38.1 Å². The first-order valence-electron chi connectivity index (χ1n) is 9.65. The number of aryl methyl sites for hydroxylation is 1. The third-order valence-electron chi connectivity index (χ3n) is 4.42. The molecule has 0 aliphatic rings. The molecule has 0 atom stereocenters. The number of fused-ring (bicyclic) bond motifs is 1. The van der Waals surface area contributed by atoms with Crippen molar-refractivity contribution in [2.24, 2.45) is 5.10 Å². The first-order chi connectivity index (χ1) is 15.4. The second-order valence-corrected chi connectivity index (χ2v) is 7.45. The highest BCUT2D eigenvalue weighted by Crippen LogP contribution is 2.38. The van der Waals surface area contributed by atoms with E-state index in [2.05, 4.69) is 26.0 Å². The average Bonchev–Trinajstić information content (AvgIpc) is 2.78. The second kappa shape index (κ2) is 10.3. The molecule has 3 aromatic rings. The predicted octanol–water partition coefficient (Wildman–Crippen LogP) is 3.31. The zero-order valence-corrected chi connectivity index (χ0v) is 19.6. The average molecular weight is 504 g/mol. The molecule has 1 heterocycles. The lowest BCUT2D eigenvalue weighted by atomic mass is 10.2. The van der Waals surface area contributed by atoms with E-state index in [4.69, 9.17) is 18.9 Å². The Labute approximate surface area is 192 Å². The summed E-state index contributed by atoms with van der Waals surface area (Å²) >= 11 is 3.37. The zero-order chi connectivity index (χ0) is 23.3. The molecule has 0 saturated carbocycles. The molecule has 0 spiro atoms. The number of methoxy groups -OCH3 is 2. The molecule has 10 heteroatoms. The van der Waals surface area contributed by atoms with Gasteiger partial charge in [-0.3, -0.25) is 4.79 Å². The quantitative estimate of drug-likeness (QED) is 0.343. The SMILES string of the molecule is CCOC(=O)COc1c(OC)cc(C=Nn2c(C)nc3ccc(Br)cc3c2=O)cc1OC. The van der Waals surface area contributed by atoms with Gasteiger partial charge in [0.05, 0.1) is 37.9 Å². The van der Waals surface area contributed by atoms with Crippen LogP contribution in [0.4, 0.5) is 0 Å². The van der Waals surface area contributed by atoms with Gasteiger partial charge in [0.25, 0.3) is 5.56 Å². The molecule has 9 nitrogen and oxygen atoms in total. The molecule has 2 aromatic carbocycles. The zero-order valence-electron chi connectivity index (χ0n) is 18.0. The van der Waals surface area contributed by atoms with Crippen LogP contribution in [0.3, 0.4) is 0 Å². The third kappa shape index (κ3) is 5.08. The van der Waals surface area contributed by atoms with Crippen LogP contribution in [-0.2, 0) is 9.53 Å². The fourth-order valence-electron chi connectivity index (χ4n) is 2.97. The number of hydrogen-bond donors (Lipinski definition) is 0. The van der Waals surface area contributed by atoms with Crippen molar-refractivity contribution >= 4 is 39.0 Å². The van der Waals surface area contributed by atoms with Gasteiger partial charge in [-0.15, -0.1) is 0 Å². The maximum atomic E-state index is 12.9. The van der Waals surface area contributed by atoms with Crippen molar-refractivity contribution in [3.8, 4) is 17.2 Å². The van der Waals surface area contributed by atoms with E-state index >= 15 is 0 Å². The fourth-order valence-corrected chi connectivity index (χ4v) is 3.33. The van der Waals surface area contributed by atoms with Crippen LogP contribution in [-0.4, -0.2) is 49.3 Å². The number of aromatic nitrogens is 2. The van der Waals surface area contributed by atoms with Crippen LogP contribution in [0.5, 0.6) is 17.2 Å². The molecule has 0 fully saturated rings. The number of esters is 1. The fraction of sp³-hybridized carbons (Fsp3) is 0.273. The van der Waals surface area contributed by atoms with Crippen LogP contribution < -0.4 is 19.8 Å². The van der Waals surface area contributed by atoms with Gasteiger partial charge >= 0.3 is 5.97 Å². The Balaban J connectivity index is 1.97. The highest BCUT2D eigenvalue weighted by atomic mass is 79.9. The monoisotopic (exact) mass is 503 g/mol. The number of carbonyl (C=O) groups excluding carboxylic acids is 1. The number of ether oxygens (including phenoxy) is 4. The number of halogens is 1. The Morgan fingerprint density at radius 2 is 1.88 bits per heavy atom. The molecule has 1 aromatic heterocycles. The van der Waals surface area contributed by atoms with Crippen LogP contribution >= 0.6 is 15.9 Å². The van der Waals surface area contributed by atoms with Gasteiger partial charge < -0.3 is 18.9 Å². The maximum absolute atomic E-state index is 12.9. The van der Waals surface area contributed by atoms with Gasteiger partial charge in [-0.1, -0.05) is 15.9 Å². The molecule has 0 bridgehead atoms. The summed E-state index contributed by atoms with van der Waals surface area (Å²) in [6.07, 6.45) is 1.49. The van der Waals surface area contributed by atoms with Crippen LogP contribution in [0.25, 0.3) is 10.9 Å². The standard InChI is InChI=1S/C22H22BrN3O6/c1-5-31-20(27)12-32-21-18(29-3)8-14(9-19(21)30-4)11-24-26-13(2)25-17-7-6-15(23)10-16(17)22(26)28/h6-11H,5,12H2,1-4H3. The van der Waals surface area contributed by atoms with E-state index in [0.717, 1.165) is 4.47 Å². The van der Waals surface area contributed by atoms with Crippen LogP contribution in [0, 0.1) is 6.92 Å². The Morgan fingerprint density at radius 3 is 2.50 bits per heavy atom. The largest absolute Gasteiger partial charge is 0.493 e. The van der Waals surface area contributed by atoms with Gasteiger partial charge in [0.15, 0.2) is 18.1 Å². The Bertz CT molecular complexity index is 1210. The minimum absolute atomic E-state index is 0.255. The summed E-state index contributed by atoms with van der Waals surface area (Å²) in [4.78, 5) is 29.0. The van der Waals surface area contributed by atoms with E-state index in [0.29, 0.717) is 33.8 Å². The Morgan fingerprint density at radius 1 is 1.19 bits per heavy atom. The Kier molecular flexibility index (Phi) is 7.47. The first kappa shape index (κ1) is 23.3.